The molecule has 0 aliphatic carbocycles. The van der Waals surface area contributed by atoms with Gasteiger partial charge in [0, 0.05) is 36.2 Å². The standard InChI is InChI=1S/C16H21N3O/c1-3-9-17-16-12-14(8-10-18-16)19-13-6-5-7-15(11-13)20-4-2/h5-8,10-12H,3-4,9H2,1-2H3,(H2,17,18,19). The first kappa shape index (κ1) is 14.2. The number of rotatable bonds is 7. The van der Waals surface area contributed by atoms with Gasteiger partial charge >= 0.3 is 0 Å². The fourth-order valence-electron chi connectivity index (χ4n) is 1.86. The van der Waals surface area contributed by atoms with Crippen LogP contribution in [0.3, 0.4) is 0 Å². The molecule has 2 aromatic rings. The largest absolute Gasteiger partial charge is 0.494 e. The number of benzene rings is 1. The first-order chi connectivity index (χ1) is 9.81. The van der Waals surface area contributed by atoms with Crippen LogP contribution in [-0.2, 0) is 0 Å². The maximum atomic E-state index is 5.50. The number of hydrogen-bond acceptors (Lipinski definition) is 4. The first-order valence-corrected chi connectivity index (χ1v) is 7.01. The minimum Gasteiger partial charge on any atom is -0.494 e. The molecular formula is C16H21N3O. The summed E-state index contributed by atoms with van der Waals surface area (Å²) in [5.74, 6) is 1.76. The van der Waals surface area contributed by atoms with Crippen LogP contribution in [0.15, 0.2) is 42.6 Å². The highest BCUT2D eigenvalue weighted by Crippen LogP contribution is 2.22. The van der Waals surface area contributed by atoms with Gasteiger partial charge in [0.05, 0.1) is 6.61 Å². The summed E-state index contributed by atoms with van der Waals surface area (Å²) in [5.41, 5.74) is 2.01. The summed E-state index contributed by atoms with van der Waals surface area (Å²) in [5, 5.41) is 6.64. The van der Waals surface area contributed by atoms with Crippen molar-refractivity contribution in [2.75, 3.05) is 23.8 Å². The predicted octanol–water partition coefficient (Wildman–Crippen LogP) is 4.05. The van der Waals surface area contributed by atoms with Gasteiger partial charge in [-0.25, -0.2) is 4.98 Å². The topological polar surface area (TPSA) is 46.2 Å². The van der Waals surface area contributed by atoms with Crippen LogP contribution in [0.5, 0.6) is 5.75 Å². The Morgan fingerprint density at radius 2 is 1.95 bits per heavy atom. The molecule has 1 aromatic carbocycles. The molecule has 0 saturated carbocycles. The molecule has 2 N–H and O–H groups in total. The number of nitrogens with zero attached hydrogens (tertiary/aromatic N) is 1. The van der Waals surface area contributed by atoms with Gasteiger partial charge < -0.3 is 15.4 Å². The molecule has 0 bridgehead atoms. The molecule has 0 atom stereocenters. The van der Waals surface area contributed by atoms with Crippen LogP contribution in [0, 0.1) is 0 Å². The maximum Gasteiger partial charge on any atom is 0.127 e. The lowest BCUT2D eigenvalue weighted by Crippen LogP contribution is -2.02. The van der Waals surface area contributed by atoms with Gasteiger partial charge in [-0.1, -0.05) is 13.0 Å². The van der Waals surface area contributed by atoms with E-state index in [-0.39, 0.29) is 0 Å². The highest BCUT2D eigenvalue weighted by Gasteiger charge is 1.99. The van der Waals surface area contributed by atoms with Crippen molar-refractivity contribution in [2.45, 2.75) is 20.3 Å². The molecule has 0 aliphatic rings. The Balaban J connectivity index is 2.07. The molecular weight excluding hydrogens is 250 g/mol. The van der Waals surface area contributed by atoms with Crippen molar-refractivity contribution in [3.05, 3.63) is 42.6 Å². The van der Waals surface area contributed by atoms with Crippen molar-refractivity contribution in [2.24, 2.45) is 0 Å². The fourth-order valence-corrected chi connectivity index (χ4v) is 1.86. The Labute approximate surface area is 120 Å². The Hall–Kier alpha value is -2.23. The molecule has 0 amide bonds. The highest BCUT2D eigenvalue weighted by molar-refractivity contribution is 5.63. The summed E-state index contributed by atoms with van der Waals surface area (Å²) in [4.78, 5) is 4.29. The predicted molar refractivity (Wildman–Crippen MR) is 83.9 cm³/mol. The molecule has 0 spiro atoms. The van der Waals surface area contributed by atoms with Gasteiger partial charge in [-0.3, -0.25) is 0 Å². The van der Waals surface area contributed by atoms with E-state index in [0.717, 1.165) is 35.9 Å². The summed E-state index contributed by atoms with van der Waals surface area (Å²) in [6.07, 6.45) is 2.88. The van der Waals surface area contributed by atoms with Gasteiger partial charge in [0.1, 0.15) is 11.6 Å². The monoisotopic (exact) mass is 271 g/mol. The van der Waals surface area contributed by atoms with E-state index in [1.54, 1.807) is 6.20 Å². The zero-order chi connectivity index (χ0) is 14.2. The van der Waals surface area contributed by atoms with Gasteiger partial charge in [0.15, 0.2) is 0 Å². The van der Waals surface area contributed by atoms with E-state index >= 15 is 0 Å². The second-order valence-electron chi connectivity index (χ2n) is 4.44. The molecule has 20 heavy (non-hydrogen) atoms. The van der Waals surface area contributed by atoms with E-state index in [1.165, 1.54) is 0 Å². The zero-order valence-corrected chi connectivity index (χ0v) is 12.0. The number of nitrogens with one attached hydrogen (secondary N) is 2. The SMILES string of the molecule is CCCNc1cc(Nc2cccc(OCC)c2)ccn1. The van der Waals surface area contributed by atoms with Gasteiger partial charge in [-0.2, -0.15) is 0 Å². The number of aromatic nitrogens is 1. The Kier molecular flexibility index (Phi) is 5.24. The van der Waals surface area contributed by atoms with E-state index in [1.807, 2.05) is 43.3 Å². The maximum absolute atomic E-state index is 5.50. The molecule has 1 heterocycles. The van der Waals surface area contributed by atoms with Crippen molar-refractivity contribution >= 4 is 17.2 Å². The summed E-state index contributed by atoms with van der Waals surface area (Å²) >= 11 is 0. The Morgan fingerprint density at radius 3 is 2.75 bits per heavy atom. The third kappa shape index (κ3) is 4.16. The highest BCUT2D eigenvalue weighted by atomic mass is 16.5. The number of ether oxygens (including phenoxy) is 1. The quantitative estimate of drug-likeness (QED) is 0.797. The van der Waals surface area contributed by atoms with Gasteiger partial charge in [-0.05, 0) is 31.5 Å². The molecule has 0 saturated heterocycles. The summed E-state index contributed by atoms with van der Waals surface area (Å²) < 4.78 is 5.50. The van der Waals surface area contributed by atoms with Crippen molar-refractivity contribution in [3.8, 4) is 5.75 Å². The van der Waals surface area contributed by atoms with Crippen molar-refractivity contribution in [3.63, 3.8) is 0 Å². The van der Waals surface area contributed by atoms with Crippen LogP contribution in [-0.4, -0.2) is 18.1 Å². The minimum atomic E-state index is 0.670. The second kappa shape index (κ2) is 7.38. The molecule has 2 rings (SSSR count). The Morgan fingerprint density at radius 1 is 1.10 bits per heavy atom. The van der Waals surface area contributed by atoms with E-state index in [9.17, 15) is 0 Å². The van der Waals surface area contributed by atoms with E-state index in [4.69, 9.17) is 4.74 Å². The smallest absolute Gasteiger partial charge is 0.127 e. The Bertz CT molecular complexity index is 543. The molecule has 0 radical (unpaired) electrons. The van der Waals surface area contributed by atoms with Crippen molar-refractivity contribution < 1.29 is 4.74 Å². The van der Waals surface area contributed by atoms with Crippen molar-refractivity contribution in [1.29, 1.82) is 0 Å². The first-order valence-electron chi connectivity index (χ1n) is 7.01. The van der Waals surface area contributed by atoms with Crippen LogP contribution in [0.1, 0.15) is 20.3 Å². The van der Waals surface area contributed by atoms with Gasteiger partial charge in [0.2, 0.25) is 0 Å². The number of anilines is 3. The summed E-state index contributed by atoms with van der Waals surface area (Å²) in [6.45, 7) is 5.71. The van der Waals surface area contributed by atoms with Crippen LogP contribution < -0.4 is 15.4 Å². The van der Waals surface area contributed by atoms with Gasteiger partial charge in [0.25, 0.3) is 0 Å². The molecule has 0 unspecified atom stereocenters. The fraction of sp³-hybridized carbons (Fsp3) is 0.312. The lowest BCUT2D eigenvalue weighted by Gasteiger charge is -2.10. The average molecular weight is 271 g/mol. The molecule has 0 aliphatic heterocycles. The number of pyridine rings is 1. The van der Waals surface area contributed by atoms with Crippen LogP contribution in [0.25, 0.3) is 0 Å². The third-order valence-corrected chi connectivity index (χ3v) is 2.75. The molecule has 106 valence electrons. The van der Waals surface area contributed by atoms with Crippen molar-refractivity contribution in [1.82, 2.24) is 4.98 Å². The zero-order valence-electron chi connectivity index (χ0n) is 12.0. The minimum absolute atomic E-state index is 0.670. The van der Waals surface area contributed by atoms with Crippen LogP contribution in [0.2, 0.25) is 0 Å². The normalized spacial score (nSPS) is 10.1. The van der Waals surface area contributed by atoms with Crippen LogP contribution >= 0.6 is 0 Å². The summed E-state index contributed by atoms with van der Waals surface area (Å²) in [7, 11) is 0. The molecule has 4 heteroatoms. The average Bonchev–Trinajstić information content (AvgIpc) is 2.46. The van der Waals surface area contributed by atoms with E-state index in [2.05, 4.69) is 22.5 Å². The third-order valence-electron chi connectivity index (χ3n) is 2.75. The second-order valence-corrected chi connectivity index (χ2v) is 4.44. The lowest BCUT2D eigenvalue weighted by atomic mass is 10.3. The molecule has 1 aromatic heterocycles. The van der Waals surface area contributed by atoms with E-state index in [0.29, 0.717) is 6.61 Å². The van der Waals surface area contributed by atoms with E-state index < -0.39 is 0 Å². The summed E-state index contributed by atoms with van der Waals surface area (Å²) in [6, 6.07) is 11.9. The lowest BCUT2D eigenvalue weighted by molar-refractivity contribution is 0.340. The molecule has 0 fully saturated rings. The van der Waals surface area contributed by atoms with Crippen LogP contribution in [0.4, 0.5) is 17.2 Å². The number of hydrogen-bond donors (Lipinski definition) is 2. The molecule has 4 nitrogen and oxygen atoms in total. The van der Waals surface area contributed by atoms with Gasteiger partial charge in [-0.15, -0.1) is 0 Å².